The summed E-state index contributed by atoms with van der Waals surface area (Å²) in [5, 5.41) is 18.4. The number of hydrogen-bond donors (Lipinski definition) is 4. The third kappa shape index (κ3) is 12.9. The van der Waals surface area contributed by atoms with E-state index in [2.05, 4.69) is 16.0 Å². The molecule has 1 aromatic carbocycles. The summed E-state index contributed by atoms with van der Waals surface area (Å²) in [4.78, 5) is 39.0. The van der Waals surface area contributed by atoms with Crippen molar-refractivity contribution in [2.45, 2.75) is 104 Å². The molecule has 0 radical (unpaired) electrons. The van der Waals surface area contributed by atoms with Gasteiger partial charge in [0.05, 0.1) is 6.04 Å². The second kappa shape index (κ2) is 14.2. The maximum atomic E-state index is 13.6. The number of amides is 2. The summed E-state index contributed by atoms with van der Waals surface area (Å²) in [7, 11) is 0. The van der Waals surface area contributed by atoms with E-state index in [9.17, 15) is 19.5 Å². The number of carbonyl (C=O) groups is 3. The highest BCUT2D eigenvalue weighted by molar-refractivity contribution is 5.88. The van der Waals surface area contributed by atoms with Gasteiger partial charge in [-0.2, -0.15) is 0 Å². The van der Waals surface area contributed by atoms with Gasteiger partial charge in [0, 0.05) is 13.2 Å². The first-order valence-electron chi connectivity index (χ1n) is 12.5. The lowest BCUT2D eigenvalue weighted by Crippen LogP contribution is -2.60. The first-order valence-corrected chi connectivity index (χ1v) is 12.5. The Kier molecular flexibility index (Phi) is 12.4. The van der Waals surface area contributed by atoms with Gasteiger partial charge in [0.15, 0.2) is 0 Å². The van der Waals surface area contributed by atoms with Crippen LogP contribution in [0.2, 0.25) is 0 Å². The van der Waals surface area contributed by atoms with Crippen molar-refractivity contribution in [3.63, 3.8) is 0 Å². The molecule has 0 bridgehead atoms. The van der Waals surface area contributed by atoms with Crippen molar-refractivity contribution in [1.29, 1.82) is 0 Å². The molecule has 0 fully saturated rings. The van der Waals surface area contributed by atoms with Crippen LogP contribution in [0, 0.1) is 5.92 Å². The minimum absolute atomic E-state index is 0.0976. The summed E-state index contributed by atoms with van der Waals surface area (Å²) in [6.07, 6.45) is -0.220. The van der Waals surface area contributed by atoms with Gasteiger partial charge in [-0.15, -0.1) is 0 Å². The van der Waals surface area contributed by atoms with Gasteiger partial charge in [0.2, 0.25) is 5.91 Å². The fourth-order valence-electron chi connectivity index (χ4n) is 3.48. The number of rotatable bonds is 12. The first-order chi connectivity index (χ1) is 16.6. The van der Waals surface area contributed by atoms with Crippen LogP contribution in [-0.2, 0) is 25.6 Å². The minimum Gasteiger partial charge on any atom is -0.458 e. The fourth-order valence-corrected chi connectivity index (χ4v) is 3.48. The largest absolute Gasteiger partial charge is 0.458 e. The lowest BCUT2D eigenvalue weighted by molar-refractivity contribution is -0.159. The summed E-state index contributed by atoms with van der Waals surface area (Å²) >= 11 is 0. The zero-order chi connectivity index (χ0) is 27.5. The maximum Gasteiger partial charge on any atom is 0.407 e. The highest BCUT2D eigenvalue weighted by Crippen LogP contribution is 2.14. The van der Waals surface area contributed by atoms with Gasteiger partial charge in [-0.05, 0) is 65.9 Å². The Balaban J connectivity index is 3.19. The number of nitrogens with one attached hydrogen (secondary N) is 3. The van der Waals surface area contributed by atoms with Gasteiger partial charge in [0.25, 0.3) is 0 Å². The van der Waals surface area contributed by atoms with Crippen LogP contribution in [0.25, 0.3) is 0 Å². The van der Waals surface area contributed by atoms with E-state index < -0.39 is 47.3 Å². The molecule has 0 spiro atoms. The molecule has 0 saturated carbocycles. The number of aliphatic hydroxyl groups is 1. The predicted octanol–water partition coefficient (Wildman–Crippen LogP) is 3.29. The molecule has 0 aliphatic heterocycles. The molecule has 3 atom stereocenters. The Labute approximate surface area is 215 Å². The molecular weight excluding hydrogens is 462 g/mol. The summed E-state index contributed by atoms with van der Waals surface area (Å²) in [6, 6.07) is 6.86. The molecule has 1 rings (SSSR count). The molecule has 0 aliphatic rings. The van der Waals surface area contributed by atoms with Crippen molar-refractivity contribution in [2.24, 2.45) is 5.92 Å². The lowest BCUT2D eigenvalue weighted by Gasteiger charge is -2.31. The van der Waals surface area contributed by atoms with E-state index >= 15 is 0 Å². The normalized spacial score (nSPS) is 14.5. The zero-order valence-corrected chi connectivity index (χ0v) is 23.0. The summed E-state index contributed by atoms with van der Waals surface area (Å²) in [5.41, 5.74) is -0.511. The molecule has 0 unspecified atom stereocenters. The maximum absolute atomic E-state index is 13.6. The quantitative estimate of drug-likeness (QED) is 0.320. The Morgan fingerprint density at radius 2 is 1.50 bits per heavy atom. The Bertz CT molecular complexity index is 830. The molecule has 9 nitrogen and oxygen atoms in total. The van der Waals surface area contributed by atoms with Gasteiger partial charge in [0.1, 0.15) is 23.3 Å². The van der Waals surface area contributed by atoms with Gasteiger partial charge < -0.3 is 30.5 Å². The van der Waals surface area contributed by atoms with Crippen LogP contribution >= 0.6 is 0 Å². The molecule has 2 amide bonds. The van der Waals surface area contributed by atoms with E-state index in [4.69, 9.17) is 9.47 Å². The van der Waals surface area contributed by atoms with Gasteiger partial charge in [-0.1, -0.05) is 44.2 Å². The second-order valence-electron chi connectivity index (χ2n) is 11.3. The van der Waals surface area contributed by atoms with E-state index in [1.54, 1.807) is 41.5 Å². The fraction of sp³-hybridized carbons (Fsp3) is 0.667. The molecule has 36 heavy (non-hydrogen) atoms. The SMILES string of the molecule is CC(C)C[C@H](NC(=O)[C@@H](NCc1ccccc1)[C@H](CCO)NC(=O)OC(C)(C)C)C(=O)OC(C)(C)C. The van der Waals surface area contributed by atoms with Crippen molar-refractivity contribution in [3.05, 3.63) is 35.9 Å². The summed E-state index contributed by atoms with van der Waals surface area (Å²) in [6.45, 7) is 14.5. The van der Waals surface area contributed by atoms with E-state index in [-0.39, 0.29) is 18.9 Å². The number of carbonyl (C=O) groups excluding carboxylic acids is 3. The van der Waals surface area contributed by atoms with E-state index in [1.807, 2.05) is 44.2 Å². The zero-order valence-electron chi connectivity index (χ0n) is 23.0. The second-order valence-corrected chi connectivity index (χ2v) is 11.3. The monoisotopic (exact) mass is 507 g/mol. The summed E-state index contributed by atoms with van der Waals surface area (Å²) < 4.78 is 10.9. The van der Waals surface area contributed by atoms with E-state index in [0.29, 0.717) is 13.0 Å². The number of alkyl carbamates (subject to hydrolysis) is 1. The van der Waals surface area contributed by atoms with Gasteiger partial charge >= 0.3 is 12.1 Å². The van der Waals surface area contributed by atoms with Crippen LogP contribution in [0.4, 0.5) is 4.79 Å². The molecule has 0 aliphatic carbocycles. The minimum atomic E-state index is -0.957. The standard InChI is InChI=1S/C27H45N3O6/c1-18(2)16-21(24(33)35-26(3,4)5)29-23(32)22(28-17-19-12-10-9-11-13-19)20(14-15-31)30-25(34)36-27(6,7)8/h9-13,18,20-22,28,31H,14-17H2,1-8H3,(H,29,32)(H,30,34)/t20-,21-,22-/m0/s1. The number of esters is 1. The highest BCUT2D eigenvalue weighted by atomic mass is 16.6. The average Bonchev–Trinajstić information content (AvgIpc) is 2.71. The van der Waals surface area contributed by atoms with Crippen LogP contribution in [0.3, 0.4) is 0 Å². The van der Waals surface area contributed by atoms with Crippen LogP contribution in [0.1, 0.15) is 73.8 Å². The first kappa shape index (κ1) is 31.4. The number of aliphatic hydroxyl groups excluding tert-OH is 1. The highest BCUT2D eigenvalue weighted by Gasteiger charge is 2.34. The van der Waals surface area contributed by atoms with Crippen molar-refractivity contribution in [3.8, 4) is 0 Å². The molecule has 4 N–H and O–H groups in total. The molecule has 0 heterocycles. The van der Waals surface area contributed by atoms with E-state index in [0.717, 1.165) is 5.56 Å². The van der Waals surface area contributed by atoms with Gasteiger partial charge in [-0.3, -0.25) is 4.79 Å². The molecule has 204 valence electrons. The molecule has 0 saturated heterocycles. The average molecular weight is 508 g/mol. The van der Waals surface area contributed by atoms with Crippen molar-refractivity contribution < 1.29 is 29.0 Å². The van der Waals surface area contributed by atoms with Crippen LogP contribution in [0.15, 0.2) is 30.3 Å². The predicted molar refractivity (Wildman–Crippen MR) is 139 cm³/mol. The van der Waals surface area contributed by atoms with Crippen LogP contribution < -0.4 is 16.0 Å². The number of hydrogen-bond acceptors (Lipinski definition) is 7. The third-order valence-electron chi connectivity index (χ3n) is 4.91. The lowest BCUT2D eigenvalue weighted by atomic mass is 10.00. The topological polar surface area (TPSA) is 126 Å². The molecule has 9 heteroatoms. The van der Waals surface area contributed by atoms with Crippen LogP contribution in [-0.4, -0.2) is 59.0 Å². The van der Waals surface area contributed by atoms with Crippen molar-refractivity contribution in [2.75, 3.05) is 6.61 Å². The molecule has 1 aromatic rings. The number of ether oxygens (including phenoxy) is 2. The molecule has 0 aromatic heterocycles. The summed E-state index contributed by atoms with van der Waals surface area (Å²) in [5.74, 6) is -0.895. The third-order valence-corrected chi connectivity index (χ3v) is 4.91. The molecular formula is C27H45N3O6. The Morgan fingerprint density at radius 1 is 0.917 bits per heavy atom. The van der Waals surface area contributed by atoms with Crippen molar-refractivity contribution in [1.82, 2.24) is 16.0 Å². The van der Waals surface area contributed by atoms with Crippen molar-refractivity contribution >= 4 is 18.0 Å². The Hall–Kier alpha value is -2.65. The number of benzene rings is 1. The smallest absolute Gasteiger partial charge is 0.407 e. The van der Waals surface area contributed by atoms with E-state index in [1.165, 1.54) is 0 Å². The van der Waals surface area contributed by atoms with Crippen LogP contribution in [0.5, 0.6) is 0 Å². The van der Waals surface area contributed by atoms with Gasteiger partial charge in [-0.25, -0.2) is 9.59 Å². The Morgan fingerprint density at radius 3 is 2.00 bits per heavy atom.